The van der Waals surface area contributed by atoms with Gasteiger partial charge in [0.25, 0.3) is 5.91 Å². The Morgan fingerprint density at radius 1 is 1.27 bits per heavy atom. The van der Waals surface area contributed by atoms with Gasteiger partial charge in [0.15, 0.2) is 17.2 Å². The molecule has 3 heterocycles. The molecule has 2 aromatic rings. The molecule has 2 aliphatic rings. The maximum Gasteiger partial charge on any atom is 0.285 e. The second-order valence-electron chi connectivity index (χ2n) is 7.15. The number of aromatic nitrogens is 2. The van der Waals surface area contributed by atoms with E-state index in [1.54, 1.807) is 0 Å². The summed E-state index contributed by atoms with van der Waals surface area (Å²) in [5, 5.41) is 51.4. The van der Waals surface area contributed by atoms with Gasteiger partial charge < -0.3 is 25.2 Å². The summed E-state index contributed by atoms with van der Waals surface area (Å²) >= 11 is 0. The molecule has 0 unspecified atom stereocenters. The zero-order chi connectivity index (χ0) is 21.5. The summed E-state index contributed by atoms with van der Waals surface area (Å²) in [7, 11) is 0. The van der Waals surface area contributed by atoms with Crippen molar-refractivity contribution in [2.45, 2.75) is 30.6 Å². The minimum atomic E-state index is -2.45. The number of rotatable bonds is 3. The van der Waals surface area contributed by atoms with Gasteiger partial charge in [-0.05, 0) is 25.0 Å². The molecular formula is C19H21N5O6. The minimum absolute atomic E-state index is 0.0189. The average molecular weight is 415 g/mol. The highest BCUT2D eigenvalue weighted by Crippen LogP contribution is 2.48. The van der Waals surface area contributed by atoms with Crippen LogP contribution in [-0.2, 0) is 4.74 Å². The van der Waals surface area contributed by atoms with Gasteiger partial charge in [-0.2, -0.15) is 0 Å². The van der Waals surface area contributed by atoms with E-state index in [-0.39, 0.29) is 24.0 Å². The summed E-state index contributed by atoms with van der Waals surface area (Å²) in [6.07, 6.45) is -1.65. The Balaban J connectivity index is 1.78. The predicted octanol–water partition coefficient (Wildman–Crippen LogP) is -0.980. The molecule has 0 saturated carbocycles. The van der Waals surface area contributed by atoms with E-state index in [0.29, 0.717) is 0 Å². The maximum atomic E-state index is 11.3. The van der Waals surface area contributed by atoms with Gasteiger partial charge >= 0.3 is 0 Å². The van der Waals surface area contributed by atoms with E-state index >= 15 is 0 Å². The van der Waals surface area contributed by atoms with E-state index in [0.717, 1.165) is 11.9 Å². The first kappa shape index (κ1) is 20.3. The Hall–Kier alpha value is -2.98. The summed E-state index contributed by atoms with van der Waals surface area (Å²) in [5.74, 6) is 0.630. The molecule has 6 N–H and O–H groups in total. The van der Waals surface area contributed by atoms with Crippen molar-refractivity contribution in [2.75, 3.05) is 28.6 Å². The molecule has 0 amide bonds. The summed E-state index contributed by atoms with van der Waals surface area (Å²) in [4.78, 5) is 10.7. The lowest BCUT2D eigenvalue weighted by Crippen LogP contribution is -2.64. The van der Waals surface area contributed by atoms with Gasteiger partial charge in [0.2, 0.25) is 0 Å². The number of benzene rings is 1. The summed E-state index contributed by atoms with van der Waals surface area (Å²) in [6.45, 7) is 0.433. The van der Waals surface area contributed by atoms with Gasteiger partial charge in [-0.15, -0.1) is 0 Å². The van der Waals surface area contributed by atoms with Crippen LogP contribution >= 0.6 is 0 Å². The molecule has 4 atom stereocenters. The molecule has 2 aliphatic heterocycles. The Kier molecular flexibility index (Phi) is 4.99. The molecule has 30 heavy (non-hydrogen) atoms. The molecule has 11 nitrogen and oxygen atoms in total. The number of fused-ring (bicyclic) bond motifs is 1. The molecule has 0 spiro atoms. The summed E-state index contributed by atoms with van der Waals surface area (Å²) < 4.78 is 5.46. The van der Waals surface area contributed by atoms with Gasteiger partial charge in [0.1, 0.15) is 30.9 Å². The molecule has 0 aliphatic carbocycles. The number of hydrogen-bond acceptors (Lipinski definition) is 11. The zero-order valence-corrected chi connectivity index (χ0v) is 16.0. The predicted molar refractivity (Wildman–Crippen MR) is 104 cm³/mol. The lowest BCUT2D eigenvalue weighted by Gasteiger charge is -2.41. The number of anilines is 3. The Morgan fingerprint density at radius 3 is 2.63 bits per heavy atom. The fourth-order valence-electron chi connectivity index (χ4n) is 3.58. The smallest absolute Gasteiger partial charge is 0.285 e. The molecule has 1 aromatic carbocycles. The van der Waals surface area contributed by atoms with E-state index in [9.17, 15) is 25.6 Å². The number of hydrogen-bond donors (Lipinski definition) is 6. The molecule has 158 valence electrons. The number of nitrogens with zero attached hydrogens (tertiary/aromatic N) is 4. The van der Waals surface area contributed by atoms with Gasteiger partial charge in [0.05, 0.1) is 6.61 Å². The van der Waals surface area contributed by atoms with Crippen molar-refractivity contribution >= 4 is 17.3 Å². The van der Waals surface area contributed by atoms with Crippen LogP contribution in [0.25, 0.3) is 0 Å². The Morgan fingerprint density at radius 2 is 2.00 bits per heavy atom. The second kappa shape index (κ2) is 7.37. The second-order valence-corrected chi connectivity index (χ2v) is 7.15. The first-order valence-electron chi connectivity index (χ1n) is 9.12. The highest BCUT2D eigenvalue weighted by atomic mass is 16.7. The molecule has 1 aromatic heterocycles. The largest absolute Gasteiger partial charge is 0.394 e. The van der Waals surface area contributed by atoms with E-state index < -0.39 is 30.3 Å². The van der Waals surface area contributed by atoms with Gasteiger partial charge in [0, 0.05) is 11.6 Å². The molecule has 1 saturated heterocycles. The lowest BCUT2D eigenvalue weighted by atomic mass is 9.94. The monoisotopic (exact) mass is 415 g/mol. The van der Waals surface area contributed by atoms with Crippen molar-refractivity contribution in [2.24, 2.45) is 0 Å². The van der Waals surface area contributed by atoms with E-state index in [4.69, 9.17) is 4.74 Å². The minimum Gasteiger partial charge on any atom is -0.394 e. The average Bonchev–Trinajstić information content (AvgIpc) is 3.22. The Bertz CT molecular complexity index is 994. The molecule has 0 radical (unpaired) electrons. The summed E-state index contributed by atoms with van der Waals surface area (Å²) in [6, 6.07) is 12.1. The Labute approximate surface area is 171 Å². The molecular weight excluding hydrogens is 394 g/mol. The topological polar surface area (TPSA) is 155 Å². The van der Waals surface area contributed by atoms with Crippen LogP contribution in [0.4, 0.5) is 17.3 Å². The normalized spacial score (nSPS) is 30.1. The fourth-order valence-corrected chi connectivity index (χ4v) is 3.58. The number of ether oxygens (including phenoxy) is 1. The number of aliphatic hydroxyl groups is 4. The highest BCUT2D eigenvalue weighted by Gasteiger charge is 2.66. The van der Waals surface area contributed by atoms with Crippen LogP contribution in [-0.4, -0.2) is 72.6 Å². The third kappa shape index (κ3) is 2.94. The van der Waals surface area contributed by atoms with E-state index in [1.165, 1.54) is 16.7 Å². The first-order chi connectivity index (χ1) is 14.3. The number of nitrogens with one attached hydrogen (secondary N) is 1. The van der Waals surface area contributed by atoms with E-state index in [1.807, 2.05) is 35.8 Å². The van der Waals surface area contributed by atoms with Crippen LogP contribution in [0.5, 0.6) is 0 Å². The van der Waals surface area contributed by atoms with Crippen molar-refractivity contribution in [1.29, 1.82) is 0 Å². The molecule has 4 rings (SSSR count). The quantitative estimate of drug-likeness (QED) is 0.271. The van der Waals surface area contributed by atoms with Crippen LogP contribution in [0.3, 0.4) is 0 Å². The van der Waals surface area contributed by atoms with Gasteiger partial charge in [-0.25, -0.2) is 9.97 Å². The SMILES string of the molecule is C[C@@]1(O)[C@H](O)[C@@H](CO)O[C@@]1(O)N1CN(C#Cc2ccccc2)c2c(NO)ncnc21. The van der Waals surface area contributed by atoms with Gasteiger partial charge in [-0.3, -0.25) is 20.5 Å². The van der Waals surface area contributed by atoms with Crippen molar-refractivity contribution in [3.8, 4) is 12.0 Å². The van der Waals surface area contributed by atoms with Crippen molar-refractivity contribution < 1.29 is 30.4 Å². The van der Waals surface area contributed by atoms with Crippen molar-refractivity contribution in [1.82, 2.24) is 9.97 Å². The van der Waals surface area contributed by atoms with Crippen LogP contribution < -0.4 is 15.3 Å². The fraction of sp³-hybridized carbons (Fsp3) is 0.368. The zero-order valence-electron chi connectivity index (χ0n) is 16.0. The van der Waals surface area contributed by atoms with Gasteiger partial charge in [-0.1, -0.05) is 18.2 Å². The van der Waals surface area contributed by atoms with E-state index in [2.05, 4.69) is 21.9 Å². The van der Waals surface area contributed by atoms with Crippen LogP contribution in [0.2, 0.25) is 0 Å². The van der Waals surface area contributed by atoms with Crippen molar-refractivity contribution in [3.05, 3.63) is 42.2 Å². The number of aliphatic hydroxyl groups excluding tert-OH is 2. The third-order valence-corrected chi connectivity index (χ3v) is 5.28. The van der Waals surface area contributed by atoms with Crippen LogP contribution in [0.1, 0.15) is 12.5 Å². The lowest BCUT2D eigenvalue weighted by molar-refractivity contribution is -0.262. The maximum absolute atomic E-state index is 11.3. The molecule has 1 fully saturated rings. The summed E-state index contributed by atoms with van der Waals surface area (Å²) in [5.41, 5.74) is 0.747. The van der Waals surface area contributed by atoms with Crippen molar-refractivity contribution in [3.63, 3.8) is 0 Å². The third-order valence-electron chi connectivity index (χ3n) is 5.28. The highest BCUT2D eigenvalue weighted by molar-refractivity contribution is 5.84. The first-order valence-corrected chi connectivity index (χ1v) is 9.12. The standard InChI is InChI=1S/C19H21N5O6/c1-18(27)15(26)13(9-25)30-19(18,28)24-11-23(8-7-12-5-3-2-4-6-12)14-16(22-29)20-10-21-17(14)24/h2-6,10,13,15,25-29H,9,11H2,1H3,(H,20,21,22)/t13-,15-,18-,19-/m1/s1. The molecule has 11 heteroatoms. The molecule has 0 bridgehead atoms. The van der Waals surface area contributed by atoms with Crippen LogP contribution in [0.15, 0.2) is 36.7 Å². The van der Waals surface area contributed by atoms with Crippen LogP contribution in [0, 0.1) is 12.0 Å².